The normalized spacial score (nSPS) is 21.1. The molecular weight excluding hydrogens is 284 g/mol. The van der Waals surface area contributed by atoms with Crippen LogP contribution in [0.15, 0.2) is 53.6 Å². The Hall–Kier alpha value is -1.21. The lowest BCUT2D eigenvalue weighted by Gasteiger charge is -2.32. The van der Waals surface area contributed by atoms with Crippen LogP contribution in [0.25, 0.3) is 0 Å². The van der Waals surface area contributed by atoms with Gasteiger partial charge in [-0.1, -0.05) is 88.3 Å². The van der Waals surface area contributed by atoms with E-state index in [9.17, 15) is 0 Å². The van der Waals surface area contributed by atoms with Gasteiger partial charge in [0.15, 0.2) is 0 Å². The molecule has 0 nitrogen and oxygen atoms in total. The second kappa shape index (κ2) is 7.87. The van der Waals surface area contributed by atoms with Gasteiger partial charge in [0, 0.05) is 10.8 Å². The molecule has 0 N–H and O–H groups in total. The van der Waals surface area contributed by atoms with E-state index in [0.29, 0.717) is 17.8 Å². The summed E-state index contributed by atoms with van der Waals surface area (Å²) in [6, 6.07) is 10.8. The highest BCUT2D eigenvalue weighted by molar-refractivity contribution is 7.80. The Morgan fingerprint density at radius 2 is 1.68 bits per heavy atom. The molecule has 1 aliphatic rings. The third kappa shape index (κ3) is 3.76. The first-order chi connectivity index (χ1) is 10.6. The van der Waals surface area contributed by atoms with Gasteiger partial charge in [-0.25, -0.2) is 0 Å². The average Bonchev–Trinajstić information content (AvgIpc) is 2.55. The highest BCUT2D eigenvalue weighted by Crippen LogP contribution is 2.37. The lowest BCUT2D eigenvalue weighted by atomic mass is 9.73. The molecule has 0 aliphatic heterocycles. The Balaban J connectivity index is 2.46. The van der Waals surface area contributed by atoms with Crippen molar-refractivity contribution in [3.63, 3.8) is 0 Å². The molecule has 0 spiro atoms. The van der Waals surface area contributed by atoms with E-state index in [1.165, 1.54) is 24.0 Å². The minimum atomic E-state index is 0.425. The molecule has 2 rings (SSSR count). The predicted molar refractivity (Wildman–Crippen MR) is 101 cm³/mol. The van der Waals surface area contributed by atoms with Crippen molar-refractivity contribution in [2.75, 3.05) is 0 Å². The minimum absolute atomic E-state index is 0.425. The summed E-state index contributed by atoms with van der Waals surface area (Å²) in [6.45, 7) is 9.23. The van der Waals surface area contributed by atoms with Crippen LogP contribution in [-0.4, -0.2) is 4.86 Å². The predicted octanol–water partition coefficient (Wildman–Crippen LogP) is 6.17. The Labute approximate surface area is 141 Å². The molecule has 1 heteroatoms. The van der Waals surface area contributed by atoms with Crippen molar-refractivity contribution in [2.24, 2.45) is 17.8 Å². The Kier molecular flexibility index (Phi) is 6.14. The maximum atomic E-state index is 5.72. The molecule has 1 aromatic rings. The maximum Gasteiger partial charge on any atom is 0.0226 e. The molecule has 0 amide bonds. The molecule has 0 heterocycles. The van der Waals surface area contributed by atoms with E-state index in [4.69, 9.17) is 12.2 Å². The summed E-state index contributed by atoms with van der Waals surface area (Å²) < 4.78 is 0. The van der Waals surface area contributed by atoms with Gasteiger partial charge >= 0.3 is 0 Å². The first kappa shape index (κ1) is 17.1. The van der Waals surface area contributed by atoms with E-state index < -0.39 is 0 Å². The first-order valence-electron chi connectivity index (χ1n) is 8.57. The fourth-order valence-electron chi connectivity index (χ4n) is 3.32. The summed E-state index contributed by atoms with van der Waals surface area (Å²) in [5, 5.41) is 0. The SMILES string of the molecule is CCC(C)C1=C(Cc2ccccc2)C(C(C)CC)C(=S)C=C1. The van der Waals surface area contributed by atoms with Crippen molar-refractivity contribution >= 4 is 17.1 Å². The summed E-state index contributed by atoms with van der Waals surface area (Å²) in [5.74, 6) is 1.63. The molecule has 0 saturated carbocycles. The first-order valence-corrected chi connectivity index (χ1v) is 8.98. The lowest BCUT2D eigenvalue weighted by Crippen LogP contribution is -2.27. The largest absolute Gasteiger partial charge is 0.0842 e. The van der Waals surface area contributed by atoms with Gasteiger partial charge in [-0.15, -0.1) is 0 Å². The number of thiocarbonyl (C=S) groups is 1. The van der Waals surface area contributed by atoms with E-state index in [0.717, 1.165) is 11.3 Å². The van der Waals surface area contributed by atoms with Crippen LogP contribution in [0.4, 0.5) is 0 Å². The summed E-state index contributed by atoms with van der Waals surface area (Å²) in [6.07, 6.45) is 7.85. The zero-order valence-electron chi connectivity index (χ0n) is 14.3. The second-order valence-corrected chi connectivity index (χ2v) is 7.02. The number of rotatable bonds is 6. The van der Waals surface area contributed by atoms with Crippen molar-refractivity contribution in [1.82, 2.24) is 0 Å². The van der Waals surface area contributed by atoms with Gasteiger partial charge in [-0.3, -0.25) is 0 Å². The summed E-state index contributed by atoms with van der Waals surface area (Å²) >= 11 is 5.72. The average molecular weight is 313 g/mol. The van der Waals surface area contributed by atoms with E-state index in [1.54, 1.807) is 5.57 Å². The third-order valence-electron chi connectivity index (χ3n) is 5.07. The van der Waals surface area contributed by atoms with E-state index in [1.807, 2.05) is 0 Å². The van der Waals surface area contributed by atoms with Gasteiger partial charge in [0.1, 0.15) is 0 Å². The molecule has 22 heavy (non-hydrogen) atoms. The molecule has 1 aromatic carbocycles. The van der Waals surface area contributed by atoms with Crippen LogP contribution in [0.2, 0.25) is 0 Å². The summed E-state index contributed by atoms with van der Waals surface area (Å²) in [7, 11) is 0. The number of allylic oxidation sites excluding steroid dienone is 4. The van der Waals surface area contributed by atoms with Crippen molar-refractivity contribution in [3.8, 4) is 0 Å². The van der Waals surface area contributed by atoms with Crippen LogP contribution in [-0.2, 0) is 6.42 Å². The third-order valence-corrected chi connectivity index (χ3v) is 5.46. The molecule has 1 aliphatic carbocycles. The fraction of sp³-hybridized carbons (Fsp3) is 0.476. The highest BCUT2D eigenvalue weighted by Gasteiger charge is 2.29. The second-order valence-electron chi connectivity index (χ2n) is 6.55. The molecule has 3 unspecified atom stereocenters. The van der Waals surface area contributed by atoms with E-state index in [-0.39, 0.29) is 0 Å². The van der Waals surface area contributed by atoms with Crippen molar-refractivity contribution in [2.45, 2.75) is 47.0 Å². The van der Waals surface area contributed by atoms with Crippen LogP contribution in [0.1, 0.15) is 46.1 Å². The molecule has 0 radical (unpaired) electrons. The Morgan fingerprint density at radius 3 is 2.27 bits per heavy atom. The van der Waals surface area contributed by atoms with Gasteiger partial charge in [-0.05, 0) is 41.9 Å². The Bertz CT molecular complexity index is 565. The van der Waals surface area contributed by atoms with Crippen LogP contribution >= 0.6 is 12.2 Å². The summed E-state index contributed by atoms with van der Waals surface area (Å²) in [4.78, 5) is 1.12. The number of benzene rings is 1. The van der Waals surface area contributed by atoms with Gasteiger partial charge in [0.2, 0.25) is 0 Å². The lowest BCUT2D eigenvalue weighted by molar-refractivity contribution is 0.475. The zero-order chi connectivity index (χ0) is 16.1. The van der Waals surface area contributed by atoms with Crippen LogP contribution < -0.4 is 0 Å². The monoisotopic (exact) mass is 312 g/mol. The van der Waals surface area contributed by atoms with Gasteiger partial charge < -0.3 is 0 Å². The zero-order valence-corrected chi connectivity index (χ0v) is 15.1. The quantitative estimate of drug-likeness (QED) is 0.566. The van der Waals surface area contributed by atoms with Gasteiger partial charge in [0.05, 0.1) is 0 Å². The smallest absolute Gasteiger partial charge is 0.0226 e. The number of hydrogen-bond acceptors (Lipinski definition) is 1. The highest BCUT2D eigenvalue weighted by atomic mass is 32.1. The minimum Gasteiger partial charge on any atom is -0.0842 e. The van der Waals surface area contributed by atoms with Crippen molar-refractivity contribution in [1.29, 1.82) is 0 Å². The molecule has 3 atom stereocenters. The maximum absolute atomic E-state index is 5.72. The van der Waals surface area contributed by atoms with Crippen LogP contribution in [0, 0.1) is 17.8 Å². The van der Waals surface area contributed by atoms with Crippen LogP contribution in [0.5, 0.6) is 0 Å². The van der Waals surface area contributed by atoms with Crippen LogP contribution in [0.3, 0.4) is 0 Å². The Morgan fingerprint density at radius 1 is 1.00 bits per heavy atom. The molecular formula is C21H28S. The van der Waals surface area contributed by atoms with Gasteiger partial charge in [-0.2, -0.15) is 0 Å². The number of hydrogen-bond donors (Lipinski definition) is 0. The van der Waals surface area contributed by atoms with E-state index >= 15 is 0 Å². The molecule has 0 fully saturated rings. The molecule has 0 saturated heterocycles. The molecule has 0 bridgehead atoms. The standard InChI is InChI=1S/C21H28S/c1-5-15(3)18-12-13-20(22)21(16(4)6-2)19(18)14-17-10-8-7-9-11-17/h7-13,15-16,21H,5-6,14H2,1-4H3. The van der Waals surface area contributed by atoms with Crippen molar-refractivity contribution in [3.05, 3.63) is 59.2 Å². The molecule has 0 aromatic heterocycles. The summed E-state index contributed by atoms with van der Waals surface area (Å²) in [5.41, 5.74) is 4.47. The topological polar surface area (TPSA) is 0 Å². The van der Waals surface area contributed by atoms with Gasteiger partial charge in [0.25, 0.3) is 0 Å². The molecule has 118 valence electrons. The van der Waals surface area contributed by atoms with Crippen molar-refractivity contribution < 1.29 is 0 Å². The fourth-order valence-corrected chi connectivity index (χ4v) is 3.76. The van der Waals surface area contributed by atoms with E-state index in [2.05, 4.69) is 70.2 Å².